The molecule has 1 aromatic rings. The molecule has 1 aromatic heterocycles. The van der Waals surface area contributed by atoms with Crippen molar-refractivity contribution in [3.63, 3.8) is 0 Å². The number of hydrogen-bond donors (Lipinski definition) is 1. The van der Waals surface area contributed by atoms with Gasteiger partial charge in [0.2, 0.25) is 0 Å². The molecule has 4 heteroatoms. The van der Waals surface area contributed by atoms with Gasteiger partial charge in [-0.05, 0) is 37.7 Å². The maximum Gasteiger partial charge on any atom is 0.169 e. The Labute approximate surface area is 102 Å². The molecule has 1 N–H and O–H groups in total. The minimum Gasteiger partial charge on any atom is -0.363 e. The zero-order chi connectivity index (χ0) is 11.5. The lowest BCUT2D eigenvalue weighted by molar-refractivity contribution is 0.269. The third-order valence-corrected chi connectivity index (χ3v) is 3.51. The largest absolute Gasteiger partial charge is 0.363 e. The molecule has 1 aliphatic rings. The zero-order valence-corrected chi connectivity index (χ0v) is 10.8. The minimum absolute atomic E-state index is 0.376. The number of nitrogens with one attached hydrogen (secondary N) is 1. The summed E-state index contributed by atoms with van der Waals surface area (Å²) in [4.78, 5) is 2.28. The Morgan fingerprint density at radius 1 is 1.56 bits per heavy atom. The Hall–Kier alpha value is -1.03. The van der Waals surface area contributed by atoms with E-state index in [2.05, 4.69) is 47.0 Å². The Kier molecular flexibility index (Phi) is 3.49. The summed E-state index contributed by atoms with van der Waals surface area (Å²) in [6, 6.07) is 4.66. The summed E-state index contributed by atoms with van der Waals surface area (Å²) in [5.41, 5.74) is 1.35. The van der Waals surface area contributed by atoms with Gasteiger partial charge in [0.25, 0.3) is 0 Å². The van der Waals surface area contributed by atoms with Crippen molar-refractivity contribution in [3.8, 4) is 0 Å². The van der Waals surface area contributed by atoms with E-state index in [0.29, 0.717) is 6.04 Å². The molecule has 0 aliphatic carbocycles. The molecule has 16 heavy (non-hydrogen) atoms. The van der Waals surface area contributed by atoms with Crippen molar-refractivity contribution in [1.82, 2.24) is 14.8 Å². The third-order valence-electron chi connectivity index (χ3n) is 3.13. The molecule has 0 aromatic carbocycles. The number of thiocarbonyl (C=S) groups is 1. The minimum atomic E-state index is 0.376. The maximum atomic E-state index is 5.43. The van der Waals surface area contributed by atoms with E-state index < -0.39 is 0 Å². The van der Waals surface area contributed by atoms with Gasteiger partial charge >= 0.3 is 0 Å². The maximum absolute atomic E-state index is 5.43. The molecule has 0 bridgehead atoms. The molecule has 2 rings (SSSR count). The lowest BCUT2D eigenvalue weighted by Gasteiger charge is -2.36. The predicted molar refractivity (Wildman–Crippen MR) is 70.4 cm³/mol. The highest BCUT2D eigenvalue weighted by Crippen LogP contribution is 2.25. The zero-order valence-electron chi connectivity index (χ0n) is 9.94. The first-order valence-corrected chi connectivity index (χ1v) is 6.34. The van der Waals surface area contributed by atoms with E-state index >= 15 is 0 Å². The van der Waals surface area contributed by atoms with Crippen LogP contribution in [0.5, 0.6) is 0 Å². The molecule has 0 amide bonds. The second kappa shape index (κ2) is 4.87. The first-order valence-electron chi connectivity index (χ1n) is 5.93. The van der Waals surface area contributed by atoms with Crippen molar-refractivity contribution < 1.29 is 0 Å². The fourth-order valence-electron chi connectivity index (χ4n) is 2.19. The molecule has 0 radical (unpaired) electrons. The van der Waals surface area contributed by atoms with Crippen LogP contribution in [0.1, 0.15) is 32.0 Å². The van der Waals surface area contributed by atoms with Crippen LogP contribution in [0, 0.1) is 0 Å². The molecule has 2 heterocycles. The van der Waals surface area contributed by atoms with E-state index in [1.54, 1.807) is 0 Å². The number of rotatable bonds is 2. The lowest BCUT2D eigenvalue weighted by atomic mass is 10.1. The van der Waals surface area contributed by atoms with Crippen molar-refractivity contribution in [1.29, 1.82) is 0 Å². The highest BCUT2D eigenvalue weighted by atomic mass is 32.1. The quantitative estimate of drug-likeness (QED) is 0.796. The van der Waals surface area contributed by atoms with Crippen molar-refractivity contribution in [2.75, 3.05) is 13.1 Å². The average molecular weight is 237 g/mol. The first-order chi connectivity index (χ1) is 7.74. The molecule has 0 fully saturated rings. The van der Waals surface area contributed by atoms with Crippen molar-refractivity contribution >= 4 is 17.3 Å². The number of fused-ring (bicyclic) bond motifs is 1. The van der Waals surface area contributed by atoms with E-state index in [1.807, 2.05) is 0 Å². The molecule has 88 valence electrons. The Balaban J connectivity index is 2.06. The summed E-state index contributed by atoms with van der Waals surface area (Å²) >= 11 is 5.43. The van der Waals surface area contributed by atoms with Crippen LogP contribution < -0.4 is 5.32 Å². The van der Waals surface area contributed by atoms with Gasteiger partial charge in [0.1, 0.15) is 0 Å². The molecule has 1 aliphatic heterocycles. The average Bonchev–Trinajstić information content (AvgIpc) is 2.75. The normalized spacial score (nSPS) is 19.4. The van der Waals surface area contributed by atoms with Crippen LogP contribution in [-0.4, -0.2) is 27.7 Å². The van der Waals surface area contributed by atoms with Crippen LogP contribution in [0.15, 0.2) is 18.3 Å². The molecular weight excluding hydrogens is 218 g/mol. The highest BCUT2D eigenvalue weighted by molar-refractivity contribution is 7.80. The van der Waals surface area contributed by atoms with E-state index in [9.17, 15) is 0 Å². The van der Waals surface area contributed by atoms with Crippen LogP contribution in [0.2, 0.25) is 0 Å². The van der Waals surface area contributed by atoms with Gasteiger partial charge in [0.05, 0.1) is 6.04 Å². The summed E-state index contributed by atoms with van der Waals surface area (Å²) in [6.45, 7) is 7.35. The highest BCUT2D eigenvalue weighted by Gasteiger charge is 2.24. The number of aromatic nitrogens is 1. The Morgan fingerprint density at radius 2 is 2.38 bits per heavy atom. The fraction of sp³-hybridized carbons (Fsp3) is 0.583. The molecular formula is C12H19N3S. The third kappa shape index (κ3) is 2.07. The van der Waals surface area contributed by atoms with Gasteiger partial charge in [-0.15, -0.1) is 0 Å². The second-order valence-corrected chi connectivity index (χ2v) is 4.61. The fourth-order valence-corrected chi connectivity index (χ4v) is 2.54. The predicted octanol–water partition coefficient (Wildman–Crippen LogP) is 2.15. The van der Waals surface area contributed by atoms with E-state index in [-0.39, 0.29) is 0 Å². The topological polar surface area (TPSA) is 20.2 Å². The van der Waals surface area contributed by atoms with Crippen molar-refractivity contribution in [2.45, 2.75) is 32.9 Å². The van der Waals surface area contributed by atoms with E-state index in [4.69, 9.17) is 12.2 Å². The van der Waals surface area contributed by atoms with Crippen LogP contribution in [0.3, 0.4) is 0 Å². The Morgan fingerprint density at radius 3 is 3.12 bits per heavy atom. The Bertz CT molecular complexity index is 372. The lowest BCUT2D eigenvalue weighted by Crippen LogP contribution is -2.46. The van der Waals surface area contributed by atoms with Crippen molar-refractivity contribution in [2.24, 2.45) is 0 Å². The molecule has 1 unspecified atom stereocenters. The van der Waals surface area contributed by atoms with Crippen molar-refractivity contribution in [3.05, 3.63) is 24.0 Å². The summed E-state index contributed by atoms with van der Waals surface area (Å²) in [6.07, 6.45) is 3.25. The van der Waals surface area contributed by atoms with Crippen LogP contribution in [0.4, 0.5) is 0 Å². The summed E-state index contributed by atoms with van der Waals surface area (Å²) in [5.74, 6) is 0. The smallest absolute Gasteiger partial charge is 0.169 e. The van der Waals surface area contributed by atoms with Gasteiger partial charge in [-0.25, -0.2) is 0 Å². The monoisotopic (exact) mass is 237 g/mol. The molecule has 1 atom stereocenters. The van der Waals surface area contributed by atoms with Crippen LogP contribution in [-0.2, 0) is 6.54 Å². The summed E-state index contributed by atoms with van der Waals surface area (Å²) in [5, 5.41) is 4.19. The molecule has 3 nitrogen and oxygen atoms in total. The molecule has 0 spiro atoms. The molecule has 0 saturated heterocycles. The van der Waals surface area contributed by atoms with Gasteiger partial charge in [-0.3, -0.25) is 0 Å². The number of hydrogen-bond acceptors (Lipinski definition) is 1. The van der Waals surface area contributed by atoms with Gasteiger partial charge in [-0.1, -0.05) is 6.92 Å². The van der Waals surface area contributed by atoms with Gasteiger partial charge in [0, 0.05) is 31.5 Å². The number of nitrogens with zero attached hydrogens (tertiary/aromatic N) is 2. The molecule has 0 saturated carbocycles. The second-order valence-electron chi connectivity index (χ2n) is 4.23. The standard InChI is InChI=1S/C12H19N3S/c1-3-6-13-12(16)15-9-8-14-7-4-5-11(14)10(15)2/h4-5,7,10H,3,6,8-9H2,1-2H3,(H,13,16). The van der Waals surface area contributed by atoms with Gasteiger partial charge in [-0.2, -0.15) is 0 Å². The van der Waals surface area contributed by atoms with Crippen LogP contribution in [0.25, 0.3) is 0 Å². The van der Waals surface area contributed by atoms with E-state index in [0.717, 1.165) is 31.2 Å². The van der Waals surface area contributed by atoms with Gasteiger partial charge < -0.3 is 14.8 Å². The van der Waals surface area contributed by atoms with E-state index in [1.165, 1.54) is 5.69 Å². The summed E-state index contributed by atoms with van der Waals surface area (Å²) < 4.78 is 2.31. The van der Waals surface area contributed by atoms with Gasteiger partial charge in [0.15, 0.2) is 5.11 Å². The first kappa shape index (κ1) is 11.5. The van der Waals surface area contributed by atoms with Crippen LogP contribution >= 0.6 is 12.2 Å². The summed E-state index contributed by atoms with van der Waals surface area (Å²) in [7, 11) is 0. The SMILES string of the molecule is CCCNC(=S)N1CCn2cccc2C1C.